The SMILES string of the molecule is Cc1cc(C)c(CNC(=O)c2c(C)n([C@H](C)C3CCN(CCNC(=O)CC4C5CC6CC(C5)CC4C6)CC3)c3ccccc23)c(=O)[nH]1. The first kappa shape index (κ1) is 32.2. The second-order valence-corrected chi connectivity index (χ2v) is 15.5. The number of rotatable bonds is 10. The predicted molar refractivity (Wildman–Crippen MR) is 186 cm³/mol. The summed E-state index contributed by atoms with van der Waals surface area (Å²) in [5.41, 5.74) is 4.87. The molecule has 1 saturated heterocycles. The Bertz CT molecular complexity index is 1670. The predicted octanol–water partition coefficient (Wildman–Crippen LogP) is 6.04. The Balaban J connectivity index is 0.932. The van der Waals surface area contributed by atoms with E-state index < -0.39 is 0 Å². The molecule has 1 atom stereocenters. The third-order valence-electron chi connectivity index (χ3n) is 12.6. The van der Waals surface area contributed by atoms with Crippen LogP contribution in [0.2, 0.25) is 0 Å². The van der Waals surface area contributed by atoms with E-state index in [1.165, 1.54) is 32.1 Å². The minimum absolute atomic E-state index is 0.149. The van der Waals surface area contributed by atoms with Gasteiger partial charge in [-0.25, -0.2) is 0 Å². The number of carbonyl (C=O) groups is 2. The first-order valence-electron chi connectivity index (χ1n) is 18.2. The van der Waals surface area contributed by atoms with Crippen molar-refractivity contribution in [1.82, 2.24) is 25.1 Å². The van der Waals surface area contributed by atoms with Gasteiger partial charge in [0.2, 0.25) is 5.91 Å². The van der Waals surface area contributed by atoms with E-state index in [9.17, 15) is 14.4 Å². The van der Waals surface area contributed by atoms with E-state index in [1.54, 1.807) is 0 Å². The summed E-state index contributed by atoms with van der Waals surface area (Å²) in [6.45, 7) is 12.0. The number of aryl methyl sites for hydroxylation is 2. The Hall–Kier alpha value is -3.39. The van der Waals surface area contributed by atoms with Gasteiger partial charge in [0.15, 0.2) is 0 Å². The smallest absolute Gasteiger partial charge is 0.254 e. The zero-order chi connectivity index (χ0) is 32.8. The summed E-state index contributed by atoms with van der Waals surface area (Å²) in [6, 6.07) is 10.4. The zero-order valence-electron chi connectivity index (χ0n) is 28.7. The number of likely N-dealkylation sites (tertiary alicyclic amines) is 1. The molecule has 252 valence electrons. The van der Waals surface area contributed by atoms with Gasteiger partial charge < -0.3 is 25.1 Å². The van der Waals surface area contributed by atoms with Crippen molar-refractivity contribution in [3.05, 3.63) is 68.8 Å². The van der Waals surface area contributed by atoms with Gasteiger partial charge in [-0.15, -0.1) is 0 Å². The first-order valence-corrected chi connectivity index (χ1v) is 18.2. The van der Waals surface area contributed by atoms with Gasteiger partial charge in [0.25, 0.3) is 11.5 Å². The number of carbonyl (C=O) groups excluding carboxylic acids is 2. The molecule has 8 heteroatoms. The van der Waals surface area contributed by atoms with Gasteiger partial charge >= 0.3 is 0 Å². The molecule has 4 bridgehead atoms. The number of para-hydroxylation sites is 1. The molecule has 2 aromatic heterocycles. The molecule has 2 amide bonds. The molecule has 0 radical (unpaired) electrons. The maximum Gasteiger partial charge on any atom is 0.254 e. The van der Waals surface area contributed by atoms with Crippen molar-refractivity contribution >= 4 is 22.7 Å². The molecule has 3 N–H and O–H groups in total. The van der Waals surface area contributed by atoms with Crippen LogP contribution >= 0.6 is 0 Å². The van der Waals surface area contributed by atoms with E-state index in [1.807, 2.05) is 38.1 Å². The van der Waals surface area contributed by atoms with Crippen LogP contribution in [0, 0.1) is 56.3 Å². The Labute approximate surface area is 279 Å². The zero-order valence-corrected chi connectivity index (χ0v) is 28.7. The van der Waals surface area contributed by atoms with Gasteiger partial charge in [0.1, 0.15) is 0 Å². The van der Waals surface area contributed by atoms with Crippen molar-refractivity contribution in [2.24, 2.45) is 35.5 Å². The largest absolute Gasteiger partial charge is 0.355 e. The summed E-state index contributed by atoms with van der Waals surface area (Å²) in [6.07, 6.45) is 9.88. The lowest BCUT2D eigenvalue weighted by molar-refractivity contribution is -0.126. The van der Waals surface area contributed by atoms with Gasteiger partial charge in [-0.2, -0.15) is 0 Å². The molecule has 0 spiro atoms. The summed E-state index contributed by atoms with van der Waals surface area (Å²) in [5, 5.41) is 7.27. The molecule has 1 aromatic carbocycles. The number of piperidine rings is 1. The van der Waals surface area contributed by atoms with Crippen LogP contribution in [-0.2, 0) is 11.3 Å². The number of fused-ring (bicyclic) bond motifs is 1. The number of pyridine rings is 1. The molecule has 5 fully saturated rings. The van der Waals surface area contributed by atoms with Gasteiger partial charge in [-0.05, 0) is 139 Å². The quantitative estimate of drug-likeness (QED) is 0.252. The lowest BCUT2D eigenvalue weighted by Gasteiger charge is -2.54. The fourth-order valence-corrected chi connectivity index (χ4v) is 10.4. The van der Waals surface area contributed by atoms with E-state index in [2.05, 4.69) is 45.0 Å². The molecule has 8 rings (SSSR count). The summed E-state index contributed by atoms with van der Waals surface area (Å²) < 4.78 is 2.36. The van der Waals surface area contributed by atoms with Crippen molar-refractivity contribution < 1.29 is 9.59 Å². The normalized spacial score (nSPS) is 26.5. The van der Waals surface area contributed by atoms with Crippen LogP contribution in [0.5, 0.6) is 0 Å². The molecule has 3 heterocycles. The summed E-state index contributed by atoms with van der Waals surface area (Å²) in [5.74, 6) is 4.76. The number of hydrogen-bond acceptors (Lipinski definition) is 4. The average Bonchev–Trinajstić information content (AvgIpc) is 3.33. The van der Waals surface area contributed by atoms with Crippen molar-refractivity contribution in [3.63, 3.8) is 0 Å². The van der Waals surface area contributed by atoms with Crippen LogP contribution in [0.3, 0.4) is 0 Å². The monoisotopic (exact) mass is 639 g/mol. The number of aromatic amines is 1. The van der Waals surface area contributed by atoms with Crippen LogP contribution in [0.4, 0.5) is 0 Å². The average molecular weight is 640 g/mol. The molecular weight excluding hydrogens is 586 g/mol. The highest BCUT2D eigenvalue weighted by Gasteiger charge is 2.48. The lowest BCUT2D eigenvalue weighted by Crippen LogP contribution is -2.47. The van der Waals surface area contributed by atoms with Crippen molar-refractivity contribution in [3.8, 4) is 0 Å². The standard InChI is InChI=1S/C39H53N5O3/c1-23-15-24(2)42-38(46)34(23)22-41-39(47)37-26(4)44(35-8-6-5-7-32(35)37)25(3)29-9-12-43(13-10-29)14-11-40-36(45)21-33-30-17-27-16-28(19-30)20-31(33)18-27/h5-8,15,25,27-31,33H,9-14,16-22H2,1-4H3,(H,40,45)(H,41,47)(H,42,46)/t25-,27?,28?,30?,31?,33?/m1/s1. The third kappa shape index (κ3) is 6.42. The summed E-state index contributed by atoms with van der Waals surface area (Å²) in [4.78, 5) is 44.5. The van der Waals surface area contributed by atoms with E-state index in [0.29, 0.717) is 23.0 Å². The van der Waals surface area contributed by atoms with E-state index in [4.69, 9.17) is 0 Å². The molecule has 3 aromatic rings. The van der Waals surface area contributed by atoms with Crippen LogP contribution in [-0.4, -0.2) is 52.4 Å². The maximum absolute atomic E-state index is 13.6. The fourth-order valence-electron chi connectivity index (χ4n) is 10.4. The van der Waals surface area contributed by atoms with E-state index in [0.717, 1.165) is 97.0 Å². The molecule has 47 heavy (non-hydrogen) atoms. The number of hydrogen-bond donors (Lipinski definition) is 3. The Morgan fingerprint density at radius 3 is 2.32 bits per heavy atom. The van der Waals surface area contributed by atoms with Gasteiger partial charge in [0, 0.05) is 60.0 Å². The van der Waals surface area contributed by atoms with Crippen LogP contribution in [0.15, 0.2) is 35.1 Å². The van der Waals surface area contributed by atoms with Crippen LogP contribution < -0.4 is 16.2 Å². The summed E-state index contributed by atoms with van der Waals surface area (Å²) in [7, 11) is 0. The second kappa shape index (κ2) is 13.3. The van der Waals surface area contributed by atoms with Gasteiger partial charge in [-0.3, -0.25) is 14.4 Å². The van der Waals surface area contributed by atoms with Gasteiger partial charge in [0.05, 0.1) is 5.56 Å². The minimum Gasteiger partial charge on any atom is -0.355 e. The number of nitrogens with zero attached hydrogens (tertiary/aromatic N) is 2. The third-order valence-corrected chi connectivity index (χ3v) is 12.6. The maximum atomic E-state index is 13.6. The Morgan fingerprint density at radius 2 is 1.64 bits per heavy atom. The molecule has 1 aliphatic heterocycles. The molecule has 8 nitrogen and oxygen atoms in total. The number of benzene rings is 1. The topological polar surface area (TPSA) is 99.2 Å². The molecular formula is C39H53N5O3. The molecule has 0 unspecified atom stereocenters. The number of aromatic nitrogens is 2. The lowest BCUT2D eigenvalue weighted by atomic mass is 9.51. The van der Waals surface area contributed by atoms with Gasteiger partial charge in [-0.1, -0.05) is 18.2 Å². The highest BCUT2D eigenvalue weighted by molar-refractivity contribution is 6.08. The highest BCUT2D eigenvalue weighted by atomic mass is 16.2. The fraction of sp³-hybridized carbons (Fsp3) is 0.615. The molecule has 4 aliphatic carbocycles. The Kier molecular flexibility index (Phi) is 9.07. The highest BCUT2D eigenvalue weighted by Crippen LogP contribution is 2.57. The van der Waals surface area contributed by atoms with Crippen molar-refractivity contribution in [2.75, 3.05) is 26.2 Å². The first-order chi connectivity index (χ1) is 22.7. The number of amides is 2. The van der Waals surface area contributed by atoms with Crippen LogP contribution in [0.1, 0.15) is 97.2 Å². The Morgan fingerprint density at radius 1 is 0.957 bits per heavy atom. The number of nitrogens with one attached hydrogen (secondary N) is 3. The number of H-pyrrole nitrogens is 1. The summed E-state index contributed by atoms with van der Waals surface area (Å²) >= 11 is 0. The van der Waals surface area contributed by atoms with Crippen molar-refractivity contribution in [1.29, 1.82) is 0 Å². The second-order valence-electron chi connectivity index (χ2n) is 15.5. The minimum atomic E-state index is -0.151. The molecule has 4 saturated carbocycles. The van der Waals surface area contributed by atoms with E-state index >= 15 is 0 Å². The molecule has 5 aliphatic rings. The van der Waals surface area contributed by atoms with E-state index in [-0.39, 0.29) is 30.0 Å². The van der Waals surface area contributed by atoms with Crippen molar-refractivity contribution in [2.45, 2.75) is 91.6 Å². The van der Waals surface area contributed by atoms with Crippen LogP contribution in [0.25, 0.3) is 10.9 Å².